The van der Waals surface area contributed by atoms with E-state index in [0.29, 0.717) is 12.1 Å². The van der Waals surface area contributed by atoms with Crippen molar-refractivity contribution in [2.45, 2.75) is 31.9 Å². The number of likely N-dealkylation sites (N-methyl/N-ethyl adjacent to an activating group) is 1. The zero-order valence-corrected chi connectivity index (χ0v) is 22.9. The van der Waals surface area contributed by atoms with Crippen molar-refractivity contribution in [3.8, 4) is 0 Å². The van der Waals surface area contributed by atoms with Crippen LogP contribution in [0.2, 0.25) is 0 Å². The number of thioether (sulfide) groups is 1. The molecule has 182 valence electrons. The maximum absolute atomic E-state index is 11.8. The summed E-state index contributed by atoms with van der Waals surface area (Å²) in [6, 6.07) is 10.7. The Morgan fingerprint density at radius 3 is 2.53 bits per heavy atom. The topological polar surface area (TPSA) is 69.2 Å². The van der Waals surface area contributed by atoms with Gasteiger partial charge in [0.2, 0.25) is 5.91 Å². The van der Waals surface area contributed by atoms with E-state index < -0.39 is 0 Å². The lowest BCUT2D eigenvalue weighted by atomic mass is 10.1. The van der Waals surface area contributed by atoms with Gasteiger partial charge in [-0.2, -0.15) is 11.8 Å². The molecule has 0 spiro atoms. The monoisotopic (exact) mass is 577 g/mol. The molecule has 0 saturated carbocycles. The Labute approximate surface area is 215 Å². The molecule has 1 amide bonds. The number of nitrogens with one attached hydrogen (secondary N) is 2. The fraction of sp³-hybridized carbons (Fsp3) is 0.652. The Bertz CT molecular complexity index is 655. The lowest BCUT2D eigenvalue weighted by Gasteiger charge is -2.32. The molecule has 0 aromatic heterocycles. The van der Waals surface area contributed by atoms with E-state index in [0.717, 1.165) is 64.3 Å². The molecule has 0 bridgehead atoms. The quantitative estimate of drug-likeness (QED) is 0.172. The fourth-order valence-electron chi connectivity index (χ4n) is 3.34. The van der Waals surface area contributed by atoms with Crippen molar-refractivity contribution in [3.05, 3.63) is 35.9 Å². The van der Waals surface area contributed by atoms with Crippen LogP contribution in [-0.2, 0) is 16.1 Å². The van der Waals surface area contributed by atoms with Crippen LogP contribution in [0.1, 0.15) is 24.8 Å². The first-order valence-corrected chi connectivity index (χ1v) is 12.6. The highest BCUT2D eigenvalue weighted by atomic mass is 127. The average Bonchev–Trinajstić information content (AvgIpc) is 2.78. The van der Waals surface area contributed by atoms with E-state index in [1.54, 1.807) is 30.8 Å². The van der Waals surface area contributed by atoms with Crippen LogP contribution in [0.15, 0.2) is 35.3 Å². The highest BCUT2D eigenvalue weighted by Crippen LogP contribution is 2.16. The lowest BCUT2D eigenvalue weighted by Crippen LogP contribution is -2.40. The molecule has 0 unspecified atom stereocenters. The first-order chi connectivity index (χ1) is 15.1. The van der Waals surface area contributed by atoms with E-state index in [1.165, 1.54) is 5.56 Å². The number of halogens is 1. The van der Waals surface area contributed by atoms with Crippen LogP contribution in [-0.4, -0.2) is 93.2 Å². The van der Waals surface area contributed by atoms with Crippen LogP contribution in [0, 0.1) is 0 Å². The summed E-state index contributed by atoms with van der Waals surface area (Å²) in [4.78, 5) is 20.3. The number of likely N-dealkylation sites (tertiary alicyclic amines) is 1. The fourth-order valence-corrected chi connectivity index (χ4v) is 3.64. The number of piperidine rings is 1. The second-order valence-corrected chi connectivity index (χ2v) is 8.97. The third-order valence-corrected chi connectivity index (χ3v) is 5.83. The SMILES string of the molecule is CSCCNC(=NCC(=O)N(C)C)NCCCOC1CCN(Cc2ccccc2)CC1.I. The minimum atomic E-state index is -0.00657. The Morgan fingerprint density at radius 1 is 1.19 bits per heavy atom. The average molecular weight is 578 g/mol. The number of benzene rings is 1. The van der Waals surface area contributed by atoms with E-state index >= 15 is 0 Å². The molecule has 1 aromatic carbocycles. The number of guanidine groups is 1. The molecule has 0 aliphatic carbocycles. The minimum Gasteiger partial charge on any atom is -0.378 e. The third kappa shape index (κ3) is 12.3. The van der Waals surface area contributed by atoms with E-state index in [4.69, 9.17) is 4.74 Å². The summed E-state index contributed by atoms with van der Waals surface area (Å²) in [7, 11) is 3.49. The largest absolute Gasteiger partial charge is 0.378 e. The summed E-state index contributed by atoms with van der Waals surface area (Å²) >= 11 is 1.78. The van der Waals surface area contributed by atoms with Gasteiger partial charge in [-0.25, -0.2) is 4.99 Å². The molecule has 1 heterocycles. The number of rotatable bonds is 12. The van der Waals surface area contributed by atoms with Crippen molar-refractivity contribution >= 4 is 47.6 Å². The summed E-state index contributed by atoms with van der Waals surface area (Å²) in [5.41, 5.74) is 1.38. The number of hydrogen-bond donors (Lipinski definition) is 2. The number of carbonyl (C=O) groups is 1. The number of nitrogens with zero attached hydrogens (tertiary/aromatic N) is 3. The van der Waals surface area contributed by atoms with Crippen LogP contribution in [0.3, 0.4) is 0 Å². The summed E-state index contributed by atoms with van der Waals surface area (Å²) < 4.78 is 6.10. The molecule has 9 heteroatoms. The zero-order valence-electron chi connectivity index (χ0n) is 19.7. The molecule has 32 heavy (non-hydrogen) atoms. The third-order valence-electron chi connectivity index (χ3n) is 5.22. The predicted octanol–water partition coefficient (Wildman–Crippen LogP) is 2.66. The van der Waals surface area contributed by atoms with Crippen molar-refractivity contribution in [3.63, 3.8) is 0 Å². The van der Waals surface area contributed by atoms with Crippen molar-refractivity contribution in [1.29, 1.82) is 0 Å². The second kappa shape index (κ2) is 17.4. The van der Waals surface area contributed by atoms with Gasteiger partial charge in [-0.1, -0.05) is 30.3 Å². The maximum Gasteiger partial charge on any atom is 0.243 e. The summed E-state index contributed by atoms with van der Waals surface area (Å²) in [6.07, 6.45) is 5.53. The van der Waals surface area contributed by atoms with Crippen molar-refractivity contribution < 1.29 is 9.53 Å². The van der Waals surface area contributed by atoms with Crippen molar-refractivity contribution in [2.24, 2.45) is 4.99 Å². The molecule has 2 N–H and O–H groups in total. The van der Waals surface area contributed by atoms with Crippen LogP contribution < -0.4 is 10.6 Å². The van der Waals surface area contributed by atoms with Crippen LogP contribution in [0.25, 0.3) is 0 Å². The molecule has 1 aliphatic heterocycles. The van der Waals surface area contributed by atoms with E-state index in [2.05, 4.69) is 57.1 Å². The number of aliphatic imine (C=N–C) groups is 1. The van der Waals surface area contributed by atoms with Crippen LogP contribution >= 0.6 is 35.7 Å². The van der Waals surface area contributed by atoms with Gasteiger partial charge in [-0.3, -0.25) is 9.69 Å². The standard InChI is InChI=1S/C23H39N5O2S.HI/c1-27(2)22(29)18-26-23(25-13-17-31-3)24-12-7-16-30-21-10-14-28(15-11-21)19-20-8-5-4-6-9-20;/h4-6,8-9,21H,7,10-19H2,1-3H3,(H2,24,25,26);1H. The summed E-state index contributed by atoms with van der Waals surface area (Å²) in [6.45, 7) is 5.70. The Kier molecular flexibility index (Phi) is 15.8. The van der Waals surface area contributed by atoms with Crippen molar-refractivity contribution in [2.75, 3.05) is 65.4 Å². The summed E-state index contributed by atoms with van der Waals surface area (Å²) in [5.74, 6) is 1.68. The van der Waals surface area contributed by atoms with Crippen molar-refractivity contribution in [1.82, 2.24) is 20.4 Å². The van der Waals surface area contributed by atoms with Gasteiger partial charge in [0, 0.05) is 59.2 Å². The molecule has 2 rings (SSSR count). The highest BCUT2D eigenvalue weighted by Gasteiger charge is 2.19. The van der Waals surface area contributed by atoms with Gasteiger partial charge in [0.25, 0.3) is 0 Å². The minimum absolute atomic E-state index is 0. The van der Waals surface area contributed by atoms with Gasteiger partial charge < -0.3 is 20.3 Å². The summed E-state index contributed by atoms with van der Waals surface area (Å²) in [5, 5.41) is 6.60. The first kappa shape index (κ1) is 29.0. The Hall–Kier alpha value is -1.04. The molecule has 1 aliphatic rings. The molecule has 1 aromatic rings. The van der Waals surface area contributed by atoms with Gasteiger partial charge in [0.15, 0.2) is 5.96 Å². The van der Waals surface area contributed by atoms with Gasteiger partial charge >= 0.3 is 0 Å². The van der Waals surface area contributed by atoms with E-state index in [9.17, 15) is 4.79 Å². The Morgan fingerprint density at radius 2 is 1.88 bits per heavy atom. The molecular formula is C23H40IN5O2S. The Balaban J connectivity index is 0.00000512. The molecule has 0 radical (unpaired) electrons. The van der Waals surface area contributed by atoms with Gasteiger partial charge in [0.1, 0.15) is 6.54 Å². The van der Waals surface area contributed by atoms with Crippen LogP contribution in [0.4, 0.5) is 0 Å². The zero-order chi connectivity index (χ0) is 22.3. The number of carbonyl (C=O) groups excluding carboxylic acids is 1. The molecule has 1 fully saturated rings. The molecule has 1 saturated heterocycles. The first-order valence-electron chi connectivity index (χ1n) is 11.2. The normalized spacial score (nSPS) is 15.2. The second-order valence-electron chi connectivity index (χ2n) is 7.98. The lowest BCUT2D eigenvalue weighted by molar-refractivity contribution is -0.127. The van der Waals surface area contributed by atoms with Crippen LogP contribution in [0.5, 0.6) is 0 Å². The molecular weight excluding hydrogens is 537 g/mol. The number of amides is 1. The van der Waals surface area contributed by atoms with E-state index in [1.807, 2.05) is 0 Å². The number of hydrogen-bond acceptors (Lipinski definition) is 5. The molecule has 7 nitrogen and oxygen atoms in total. The highest BCUT2D eigenvalue weighted by molar-refractivity contribution is 14.0. The van der Waals surface area contributed by atoms with E-state index in [-0.39, 0.29) is 36.4 Å². The molecule has 0 atom stereocenters. The smallest absolute Gasteiger partial charge is 0.243 e. The maximum atomic E-state index is 11.8. The van der Waals surface area contributed by atoms with Gasteiger partial charge in [-0.05, 0) is 31.1 Å². The van der Waals surface area contributed by atoms with Gasteiger partial charge in [0.05, 0.1) is 6.10 Å². The van der Waals surface area contributed by atoms with Gasteiger partial charge in [-0.15, -0.1) is 24.0 Å². The number of ether oxygens (including phenoxy) is 1. The predicted molar refractivity (Wildman–Crippen MR) is 146 cm³/mol.